The van der Waals surface area contributed by atoms with E-state index in [2.05, 4.69) is 6.92 Å². The van der Waals surface area contributed by atoms with E-state index in [1.165, 1.54) is 70.6 Å². The molecule has 57 heavy (non-hydrogen) atoms. The average Bonchev–Trinajstić information content (AvgIpc) is 3.11. The van der Waals surface area contributed by atoms with E-state index in [1.54, 1.807) is 205 Å². The normalized spacial score (nSPS) is 39.9. The van der Waals surface area contributed by atoms with Gasteiger partial charge in [-0.15, -0.1) is 0 Å². The van der Waals surface area contributed by atoms with Gasteiger partial charge >= 0.3 is 0 Å². The molecule has 0 aromatic carbocycles. The average molecular weight is 787 g/mol. The van der Waals surface area contributed by atoms with E-state index in [1.807, 2.05) is 0 Å². The first kappa shape index (κ1) is 45.0. The van der Waals surface area contributed by atoms with Crippen LogP contribution >= 0.6 is 0 Å². The van der Waals surface area contributed by atoms with Crippen molar-refractivity contribution in [2.75, 3.05) is 0 Å². The van der Waals surface area contributed by atoms with Gasteiger partial charge in [-0.05, 0) is 109 Å². The monoisotopic (exact) mass is 787 g/mol. The second-order valence-corrected chi connectivity index (χ2v) is 23.8. The molecule has 7 saturated carbocycles. The molecule has 7 aliphatic carbocycles. The van der Waals surface area contributed by atoms with Gasteiger partial charge in [-0.1, -0.05) is 251 Å². The highest BCUT2D eigenvalue weighted by Gasteiger charge is 2.38. The quantitative estimate of drug-likeness (QED) is 0.252. The van der Waals surface area contributed by atoms with E-state index in [9.17, 15) is 0 Å². The van der Waals surface area contributed by atoms with Gasteiger partial charge in [0.1, 0.15) is 0 Å². The molecule has 8 atom stereocenters. The highest BCUT2D eigenvalue weighted by atomic mass is 14.4. The smallest absolute Gasteiger partial charge is 0.0380 e. The van der Waals surface area contributed by atoms with Crippen LogP contribution in [0.1, 0.15) is 283 Å². The van der Waals surface area contributed by atoms with Gasteiger partial charge in [-0.2, -0.15) is 0 Å². The Morgan fingerprint density at radius 3 is 0.702 bits per heavy atom. The maximum Gasteiger partial charge on any atom is -0.0380 e. The van der Waals surface area contributed by atoms with Crippen molar-refractivity contribution < 1.29 is 0 Å². The highest BCUT2D eigenvalue weighted by Crippen LogP contribution is 2.50. The second kappa shape index (κ2) is 25.2. The fraction of sp³-hybridized carbons (Fsp3) is 1.00. The van der Waals surface area contributed by atoms with Crippen molar-refractivity contribution >= 4 is 0 Å². The zero-order chi connectivity index (χ0) is 38.9. The van der Waals surface area contributed by atoms with Crippen molar-refractivity contribution in [1.29, 1.82) is 0 Å². The van der Waals surface area contributed by atoms with Gasteiger partial charge in [0, 0.05) is 0 Å². The van der Waals surface area contributed by atoms with Gasteiger partial charge in [0.05, 0.1) is 0 Å². The summed E-state index contributed by atoms with van der Waals surface area (Å²) in [5.41, 5.74) is 0. The molecule has 0 aromatic heterocycles. The molecule has 7 aliphatic rings. The lowest BCUT2D eigenvalue weighted by Crippen LogP contribution is -2.33. The van der Waals surface area contributed by atoms with E-state index in [4.69, 9.17) is 0 Å². The van der Waals surface area contributed by atoms with Gasteiger partial charge in [0.2, 0.25) is 0 Å². The van der Waals surface area contributed by atoms with E-state index in [0.29, 0.717) is 0 Å². The van der Waals surface area contributed by atoms with Crippen LogP contribution in [0.15, 0.2) is 0 Å². The molecule has 0 nitrogen and oxygen atoms in total. The second-order valence-electron chi connectivity index (χ2n) is 23.8. The first-order chi connectivity index (χ1) is 28.2. The van der Waals surface area contributed by atoms with Crippen molar-refractivity contribution in [2.45, 2.75) is 283 Å². The molecule has 7 rings (SSSR count). The maximum absolute atomic E-state index is 2.74. The Labute approximate surface area is 358 Å². The van der Waals surface area contributed by atoms with Crippen molar-refractivity contribution in [2.24, 2.45) is 76.9 Å². The fourth-order valence-corrected chi connectivity index (χ4v) is 16.7. The molecule has 0 aliphatic heterocycles. The number of hydrogen-bond acceptors (Lipinski definition) is 0. The summed E-state index contributed by atoms with van der Waals surface area (Å²) in [6.45, 7) is 2.74. The van der Waals surface area contributed by atoms with Gasteiger partial charge in [-0.25, -0.2) is 0 Å². The Hall–Kier alpha value is 0. The van der Waals surface area contributed by atoms with Crippen molar-refractivity contribution in [1.82, 2.24) is 0 Å². The van der Waals surface area contributed by atoms with Crippen LogP contribution in [0.3, 0.4) is 0 Å². The molecular formula is C57H102. The lowest BCUT2D eigenvalue weighted by Gasteiger charge is -2.43. The largest absolute Gasteiger partial charge is 0.0625 e. The molecule has 0 radical (unpaired) electrons. The third-order valence-corrected chi connectivity index (χ3v) is 19.9. The van der Waals surface area contributed by atoms with E-state index < -0.39 is 0 Å². The molecular weight excluding hydrogens is 685 g/mol. The summed E-state index contributed by atoms with van der Waals surface area (Å²) in [5.74, 6) is 13.7. The molecule has 8 unspecified atom stereocenters. The summed E-state index contributed by atoms with van der Waals surface area (Å²) < 4.78 is 0. The summed E-state index contributed by atoms with van der Waals surface area (Å²) in [7, 11) is 0. The third kappa shape index (κ3) is 14.5. The summed E-state index contributed by atoms with van der Waals surface area (Å²) in [5, 5.41) is 0. The lowest BCUT2D eigenvalue weighted by atomic mass is 9.62. The van der Waals surface area contributed by atoms with Crippen molar-refractivity contribution in [3.05, 3.63) is 0 Å². The SMILES string of the molecule is CC1CC(C2CCCC(C3CCCCCCC3)CCC2)CCCC(C2CCCC(C3CCCCCC(C4CCCCCCC4)C3)CC(C3CCCCCCC3)C2)C1. The molecule has 0 N–H and O–H groups in total. The van der Waals surface area contributed by atoms with Crippen LogP contribution in [0.4, 0.5) is 0 Å². The molecule has 7 fully saturated rings. The molecule has 0 aromatic rings. The minimum atomic E-state index is 0.964. The van der Waals surface area contributed by atoms with Gasteiger partial charge in [-0.3, -0.25) is 0 Å². The summed E-state index contributed by atoms with van der Waals surface area (Å²) in [6.07, 6.45) is 67.4. The molecule has 330 valence electrons. The summed E-state index contributed by atoms with van der Waals surface area (Å²) >= 11 is 0. The highest BCUT2D eigenvalue weighted by molar-refractivity contribution is 4.89. The Morgan fingerprint density at radius 1 is 0.158 bits per heavy atom. The van der Waals surface area contributed by atoms with Gasteiger partial charge < -0.3 is 0 Å². The van der Waals surface area contributed by atoms with E-state index in [0.717, 1.165) is 76.9 Å². The van der Waals surface area contributed by atoms with E-state index in [-0.39, 0.29) is 0 Å². The minimum absolute atomic E-state index is 0.964. The molecule has 0 spiro atoms. The predicted molar refractivity (Wildman–Crippen MR) is 250 cm³/mol. The maximum atomic E-state index is 2.74. The Balaban J connectivity index is 0.958. The van der Waals surface area contributed by atoms with Crippen molar-refractivity contribution in [3.63, 3.8) is 0 Å². The van der Waals surface area contributed by atoms with Crippen LogP contribution in [0.2, 0.25) is 0 Å². The Morgan fingerprint density at radius 2 is 0.333 bits per heavy atom. The van der Waals surface area contributed by atoms with Gasteiger partial charge in [0.25, 0.3) is 0 Å². The van der Waals surface area contributed by atoms with Crippen LogP contribution in [0, 0.1) is 76.9 Å². The third-order valence-electron chi connectivity index (χ3n) is 19.9. The topological polar surface area (TPSA) is 0 Å². The van der Waals surface area contributed by atoms with Crippen molar-refractivity contribution in [3.8, 4) is 0 Å². The lowest BCUT2D eigenvalue weighted by molar-refractivity contribution is 0.0748. The fourth-order valence-electron chi connectivity index (χ4n) is 16.7. The first-order valence-corrected chi connectivity index (χ1v) is 28.2. The van der Waals surface area contributed by atoms with Crippen LogP contribution in [-0.4, -0.2) is 0 Å². The zero-order valence-electron chi connectivity index (χ0n) is 38.9. The molecule has 0 bridgehead atoms. The zero-order valence-corrected chi connectivity index (χ0v) is 38.9. The molecule has 0 saturated heterocycles. The number of hydrogen-bond donors (Lipinski definition) is 0. The van der Waals surface area contributed by atoms with Crippen LogP contribution in [-0.2, 0) is 0 Å². The van der Waals surface area contributed by atoms with Crippen LogP contribution < -0.4 is 0 Å². The molecule has 0 amide bonds. The van der Waals surface area contributed by atoms with E-state index >= 15 is 0 Å². The Kier molecular flexibility index (Phi) is 19.9. The van der Waals surface area contributed by atoms with Crippen LogP contribution in [0.5, 0.6) is 0 Å². The minimum Gasteiger partial charge on any atom is -0.0625 e. The Bertz CT molecular complexity index is 1010. The first-order valence-electron chi connectivity index (χ1n) is 28.2. The standard InChI is InChI=1S/C57H102/c1-45-40-51(49-34-20-32-47(33-21-35-49)46-24-12-5-2-6-13-25-46)36-22-37-52(41-45)55-38-23-39-56(44-57(43-55)50-28-16-9-4-10-17-29-50)54-31-19-11-18-30-53(42-54)48-26-14-7-3-8-15-27-48/h45-57H,2-44H2,1H3. The summed E-state index contributed by atoms with van der Waals surface area (Å²) in [6, 6.07) is 0. The number of rotatable bonds is 6. The van der Waals surface area contributed by atoms with Gasteiger partial charge in [0.15, 0.2) is 0 Å². The summed E-state index contributed by atoms with van der Waals surface area (Å²) in [4.78, 5) is 0. The molecule has 0 heteroatoms. The molecule has 0 heterocycles. The predicted octanol–water partition coefficient (Wildman–Crippen LogP) is 18.9. The van der Waals surface area contributed by atoms with Crippen LogP contribution in [0.25, 0.3) is 0 Å².